The molecule has 1 aliphatic carbocycles. The molecule has 1 rings (SSSR count). The summed E-state index contributed by atoms with van der Waals surface area (Å²) >= 11 is 0. The molecule has 0 aromatic heterocycles. The first-order valence-electron chi connectivity index (χ1n) is 6.74. The lowest BCUT2D eigenvalue weighted by Gasteiger charge is -2.30. The van der Waals surface area contributed by atoms with Gasteiger partial charge in [0.05, 0.1) is 19.6 Å². The fraction of sp³-hybridized carbons (Fsp3) is 0.846. The van der Waals surface area contributed by atoms with Crippen LogP contribution in [-0.4, -0.2) is 58.4 Å². The third kappa shape index (κ3) is 4.80. The standard InChI is InChI=1S/C13H23NO5/c15-7-5-14(6-8-16)11(17)9-13(10-12(18)19)3-1-2-4-13/h15-16H,1-10H2,(H,18,19). The number of aliphatic hydroxyl groups is 2. The molecule has 0 spiro atoms. The average molecular weight is 273 g/mol. The third-order valence-corrected chi connectivity index (χ3v) is 3.81. The van der Waals surface area contributed by atoms with Gasteiger partial charge in [0, 0.05) is 19.5 Å². The van der Waals surface area contributed by atoms with E-state index in [1.807, 2.05) is 0 Å². The molecule has 19 heavy (non-hydrogen) atoms. The van der Waals surface area contributed by atoms with Gasteiger partial charge in [-0.2, -0.15) is 0 Å². The highest BCUT2D eigenvalue weighted by Crippen LogP contribution is 2.44. The van der Waals surface area contributed by atoms with Crippen LogP contribution in [0.5, 0.6) is 0 Å². The first kappa shape index (κ1) is 15.9. The molecular formula is C13H23NO5. The molecular weight excluding hydrogens is 250 g/mol. The van der Waals surface area contributed by atoms with Crippen molar-refractivity contribution in [2.24, 2.45) is 5.41 Å². The van der Waals surface area contributed by atoms with Gasteiger partial charge in [-0.05, 0) is 18.3 Å². The number of carbonyl (C=O) groups excluding carboxylic acids is 1. The third-order valence-electron chi connectivity index (χ3n) is 3.81. The summed E-state index contributed by atoms with van der Waals surface area (Å²) in [5, 5.41) is 26.8. The van der Waals surface area contributed by atoms with Gasteiger partial charge >= 0.3 is 5.97 Å². The van der Waals surface area contributed by atoms with Crippen LogP contribution in [0.25, 0.3) is 0 Å². The normalized spacial score (nSPS) is 17.4. The lowest BCUT2D eigenvalue weighted by Crippen LogP contribution is -2.39. The zero-order valence-corrected chi connectivity index (χ0v) is 11.2. The summed E-state index contributed by atoms with van der Waals surface area (Å²) in [6.07, 6.45) is 3.65. The van der Waals surface area contributed by atoms with Crippen LogP contribution in [0.3, 0.4) is 0 Å². The Morgan fingerprint density at radius 1 is 1.00 bits per heavy atom. The molecule has 0 aromatic rings. The van der Waals surface area contributed by atoms with Crippen molar-refractivity contribution < 1.29 is 24.9 Å². The first-order chi connectivity index (χ1) is 9.03. The number of rotatable bonds is 8. The van der Waals surface area contributed by atoms with Crippen LogP contribution in [-0.2, 0) is 9.59 Å². The zero-order chi connectivity index (χ0) is 14.3. The Hall–Kier alpha value is -1.14. The maximum atomic E-state index is 12.2. The largest absolute Gasteiger partial charge is 0.481 e. The van der Waals surface area contributed by atoms with Gasteiger partial charge in [-0.1, -0.05) is 12.8 Å². The van der Waals surface area contributed by atoms with Gasteiger partial charge in [0.15, 0.2) is 0 Å². The summed E-state index contributed by atoms with van der Waals surface area (Å²) in [6.45, 7) is 0.0560. The summed E-state index contributed by atoms with van der Waals surface area (Å²) in [6, 6.07) is 0. The molecule has 0 saturated heterocycles. The smallest absolute Gasteiger partial charge is 0.303 e. The van der Waals surface area contributed by atoms with Crippen molar-refractivity contribution in [3.05, 3.63) is 0 Å². The molecule has 1 aliphatic rings. The van der Waals surface area contributed by atoms with Gasteiger partial charge < -0.3 is 20.2 Å². The monoisotopic (exact) mass is 273 g/mol. The number of nitrogens with zero attached hydrogens (tertiary/aromatic N) is 1. The van der Waals surface area contributed by atoms with Gasteiger partial charge in [-0.25, -0.2) is 0 Å². The second kappa shape index (κ2) is 7.45. The van der Waals surface area contributed by atoms with E-state index in [9.17, 15) is 9.59 Å². The summed E-state index contributed by atoms with van der Waals surface area (Å²) in [5.41, 5.74) is -0.438. The Kier molecular flexibility index (Phi) is 6.24. The lowest BCUT2D eigenvalue weighted by molar-refractivity contribution is -0.141. The summed E-state index contributed by atoms with van der Waals surface area (Å²) in [7, 11) is 0. The Bertz CT molecular complexity index is 306. The molecule has 0 radical (unpaired) electrons. The summed E-state index contributed by atoms with van der Waals surface area (Å²) in [5.74, 6) is -1.04. The van der Waals surface area contributed by atoms with Crippen LogP contribution in [0.2, 0.25) is 0 Å². The molecule has 0 heterocycles. The predicted octanol–water partition coefficient (Wildman–Crippen LogP) is 0.225. The highest BCUT2D eigenvalue weighted by atomic mass is 16.4. The Morgan fingerprint density at radius 2 is 1.53 bits per heavy atom. The van der Waals surface area contributed by atoms with Gasteiger partial charge in [0.2, 0.25) is 5.91 Å². The first-order valence-corrected chi connectivity index (χ1v) is 6.74. The van der Waals surface area contributed by atoms with E-state index in [-0.39, 0.29) is 45.1 Å². The minimum Gasteiger partial charge on any atom is -0.481 e. The molecule has 110 valence electrons. The van der Waals surface area contributed by atoms with Crippen LogP contribution in [0.1, 0.15) is 38.5 Å². The van der Waals surface area contributed by atoms with Crippen molar-refractivity contribution in [1.29, 1.82) is 0 Å². The molecule has 1 amide bonds. The zero-order valence-electron chi connectivity index (χ0n) is 11.2. The van der Waals surface area contributed by atoms with Gasteiger partial charge in [-0.3, -0.25) is 9.59 Å². The molecule has 3 N–H and O–H groups in total. The van der Waals surface area contributed by atoms with E-state index in [0.29, 0.717) is 0 Å². The highest BCUT2D eigenvalue weighted by molar-refractivity contribution is 5.78. The van der Waals surface area contributed by atoms with E-state index in [4.69, 9.17) is 15.3 Å². The topological polar surface area (TPSA) is 98.1 Å². The number of carboxylic acids is 1. The number of carboxylic acid groups (broad SMARTS) is 1. The molecule has 1 saturated carbocycles. The molecule has 0 aromatic carbocycles. The van der Waals surface area contributed by atoms with Gasteiger partial charge in [0.25, 0.3) is 0 Å². The van der Waals surface area contributed by atoms with Crippen LogP contribution < -0.4 is 0 Å². The van der Waals surface area contributed by atoms with E-state index in [1.54, 1.807) is 0 Å². The minimum atomic E-state index is -0.870. The fourth-order valence-corrected chi connectivity index (χ4v) is 2.90. The van der Waals surface area contributed by atoms with Crippen molar-refractivity contribution >= 4 is 11.9 Å². The highest BCUT2D eigenvalue weighted by Gasteiger charge is 2.38. The number of carbonyl (C=O) groups is 2. The number of amides is 1. The van der Waals surface area contributed by atoms with Crippen molar-refractivity contribution in [3.8, 4) is 0 Å². The molecule has 0 atom stereocenters. The number of aliphatic hydroxyl groups excluding tert-OH is 2. The fourth-order valence-electron chi connectivity index (χ4n) is 2.90. The molecule has 1 fully saturated rings. The van der Waals surface area contributed by atoms with Crippen LogP contribution in [0.4, 0.5) is 0 Å². The van der Waals surface area contributed by atoms with E-state index in [1.165, 1.54) is 4.90 Å². The Labute approximate surface area is 113 Å². The van der Waals surface area contributed by atoms with Crippen LogP contribution >= 0.6 is 0 Å². The molecule has 6 nitrogen and oxygen atoms in total. The van der Waals surface area contributed by atoms with Crippen molar-refractivity contribution in [1.82, 2.24) is 4.90 Å². The van der Waals surface area contributed by atoms with Crippen LogP contribution in [0, 0.1) is 5.41 Å². The average Bonchev–Trinajstić information content (AvgIpc) is 2.76. The van der Waals surface area contributed by atoms with E-state index >= 15 is 0 Å². The Balaban J connectivity index is 2.66. The molecule has 6 heteroatoms. The minimum absolute atomic E-state index is 0.0187. The number of hydrogen-bond donors (Lipinski definition) is 3. The summed E-state index contributed by atoms with van der Waals surface area (Å²) in [4.78, 5) is 24.5. The van der Waals surface area contributed by atoms with E-state index in [2.05, 4.69) is 0 Å². The van der Waals surface area contributed by atoms with Crippen molar-refractivity contribution in [3.63, 3.8) is 0 Å². The molecule has 0 bridgehead atoms. The van der Waals surface area contributed by atoms with Crippen molar-refractivity contribution in [2.75, 3.05) is 26.3 Å². The number of hydrogen-bond acceptors (Lipinski definition) is 4. The van der Waals surface area contributed by atoms with E-state index in [0.717, 1.165) is 25.7 Å². The summed E-state index contributed by atoms with van der Waals surface area (Å²) < 4.78 is 0. The lowest BCUT2D eigenvalue weighted by atomic mass is 9.79. The maximum Gasteiger partial charge on any atom is 0.303 e. The second-order valence-corrected chi connectivity index (χ2v) is 5.28. The molecule has 0 unspecified atom stereocenters. The predicted molar refractivity (Wildman–Crippen MR) is 68.5 cm³/mol. The van der Waals surface area contributed by atoms with Crippen molar-refractivity contribution in [2.45, 2.75) is 38.5 Å². The van der Waals surface area contributed by atoms with E-state index < -0.39 is 11.4 Å². The molecule has 0 aliphatic heterocycles. The van der Waals surface area contributed by atoms with Gasteiger partial charge in [0.1, 0.15) is 0 Å². The second-order valence-electron chi connectivity index (χ2n) is 5.28. The van der Waals surface area contributed by atoms with Crippen LogP contribution in [0.15, 0.2) is 0 Å². The SMILES string of the molecule is O=C(O)CC1(CC(=O)N(CCO)CCO)CCCC1. The quantitative estimate of drug-likeness (QED) is 0.588. The maximum absolute atomic E-state index is 12.2. The van der Waals surface area contributed by atoms with Gasteiger partial charge in [-0.15, -0.1) is 0 Å². The number of aliphatic carboxylic acids is 1. The Morgan fingerprint density at radius 3 is 1.95 bits per heavy atom.